The predicted molar refractivity (Wildman–Crippen MR) is 65.7 cm³/mol. The molecule has 2 rings (SSSR count). The van der Waals surface area contributed by atoms with Crippen LogP contribution in [0.2, 0.25) is 0 Å². The lowest BCUT2D eigenvalue weighted by molar-refractivity contribution is -0.688. The van der Waals surface area contributed by atoms with Gasteiger partial charge in [-0.3, -0.25) is 0 Å². The number of benzene rings is 1. The van der Waals surface area contributed by atoms with Gasteiger partial charge in [0.1, 0.15) is 11.3 Å². The average molecular weight is 263 g/mol. The highest BCUT2D eigenvalue weighted by Crippen LogP contribution is 2.16. The first kappa shape index (κ1) is 14.6. The molecular formula is C14H14FNO3. The maximum absolute atomic E-state index is 10.9. The Hall–Kier alpha value is -2.43. The van der Waals surface area contributed by atoms with Gasteiger partial charge in [0, 0.05) is 6.07 Å². The van der Waals surface area contributed by atoms with Crippen LogP contribution >= 0.6 is 0 Å². The van der Waals surface area contributed by atoms with E-state index in [1.807, 2.05) is 35.0 Å². The van der Waals surface area contributed by atoms with Crippen molar-refractivity contribution in [3.8, 4) is 5.75 Å². The number of carboxylic acid groups (broad SMARTS) is 1. The Kier molecular flexibility index (Phi) is 5.00. The molecule has 1 aromatic carbocycles. The Labute approximate surface area is 110 Å². The number of para-hydroxylation sites is 1. The maximum Gasteiger partial charge on any atom is 0.341 e. The van der Waals surface area contributed by atoms with E-state index in [9.17, 15) is 4.79 Å². The van der Waals surface area contributed by atoms with E-state index < -0.39 is 5.97 Å². The summed E-state index contributed by atoms with van der Waals surface area (Å²) in [6.45, 7) is 0.575. The number of hydrogen-bond acceptors (Lipinski definition) is 2. The van der Waals surface area contributed by atoms with Crippen molar-refractivity contribution in [1.29, 1.82) is 0 Å². The SMILES string of the molecule is COc1ccccc1C[n+]1cccc(C(=O)O)c1.[F-]. The van der Waals surface area contributed by atoms with E-state index in [1.165, 1.54) is 0 Å². The second-order valence-corrected chi connectivity index (χ2v) is 3.88. The molecular weight excluding hydrogens is 249 g/mol. The first-order valence-corrected chi connectivity index (χ1v) is 5.55. The van der Waals surface area contributed by atoms with Crippen molar-refractivity contribution >= 4 is 5.97 Å². The lowest BCUT2D eigenvalue weighted by Crippen LogP contribution is -3.00. The number of rotatable bonds is 4. The Bertz CT molecular complexity index is 572. The Balaban J connectivity index is 0.00000180. The molecule has 0 aliphatic heterocycles. The quantitative estimate of drug-likeness (QED) is 0.700. The molecule has 0 unspecified atom stereocenters. The zero-order valence-corrected chi connectivity index (χ0v) is 10.4. The van der Waals surface area contributed by atoms with Crippen molar-refractivity contribution in [1.82, 2.24) is 0 Å². The van der Waals surface area contributed by atoms with Crippen LogP contribution in [0.15, 0.2) is 48.8 Å². The molecule has 0 spiro atoms. The minimum atomic E-state index is -0.927. The monoisotopic (exact) mass is 263 g/mol. The van der Waals surface area contributed by atoms with Gasteiger partial charge in [-0.15, -0.1) is 0 Å². The van der Waals surface area contributed by atoms with Crippen molar-refractivity contribution in [3.63, 3.8) is 0 Å². The van der Waals surface area contributed by atoms with Crippen LogP contribution in [0.3, 0.4) is 0 Å². The van der Waals surface area contributed by atoms with E-state index in [2.05, 4.69) is 0 Å². The number of carbonyl (C=O) groups is 1. The number of nitrogens with zero attached hydrogens (tertiary/aromatic N) is 1. The molecule has 1 heterocycles. The van der Waals surface area contributed by atoms with Crippen LogP contribution in [-0.2, 0) is 6.54 Å². The highest BCUT2D eigenvalue weighted by atomic mass is 19.0. The van der Waals surface area contributed by atoms with Gasteiger partial charge in [0.15, 0.2) is 18.9 Å². The molecule has 0 aliphatic carbocycles. The topological polar surface area (TPSA) is 50.4 Å². The van der Waals surface area contributed by atoms with Gasteiger partial charge in [-0.05, 0) is 18.2 Å². The van der Waals surface area contributed by atoms with Gasteiger partial charge >= 0.3 is 5.97 Å². The summed E-state index contributed by atoms with van der Waals surface area (Å²) < 4.78 is 7.09. The molecule has 5 heteroatoms. The number of pyridine rings is 1. The van der Waals surface area contributed by atoms with Crippen LogP contribution in [0.4, 0.5) is 0 Å². The summed E-state index contributed by atoms with van der Waals surface area (Å²) in [6, 6.07) is 11.0. The van der Waals surface area contributed by atoms with E-state index in [-0.39, 0.29) is 10.3 Å². The summed E-state index contributed by atoms with van der Waals surface area (Å²) in [6.07, 6.45) is 3.44. The van der Waals surface area contributed by atoms with Gasteiger partial charge in [0.05, 0.1) is 12.7 Å². The van der Waals surface area contributed by atoms with Gasteiger partial charge in [-0.1, -0.05) is 12.1 Å². The summed E-state index contributed by atoms with van der Waals surface area (Å²) >= 11 is 0. The molecule has 1 N–H and O–H groups in total. The Morgan fingerprint density at radius 2 is 2.00 bits per heavy atom. The number of aromatic carboxylic acids is 1. The fourth-order valence-corrected chi connectivity index (χ4v) is 1.78. The fourth-order valence-electron chi connectivity index (χ4n) is 1.78. The number of aromatic nitrogens is 1. The second kappa shape index (κ2) is 6.49. The average Bonchev–Trinajstić information content (AvgIpc) is 2.39. The third-order valence-corrected chi connectivity index (χ3v) is 2.65. The molecule has 0 bridgehead atoms. The molecule has 0 amide bonds. The van der Waals surface area contributed by atoms with Gasteiger partial charge in [-0.25, -0.2) is 4.79 Å². The summed E-state index contributed by atoms with van der Waals surface area (Å²) in [5.74, 6) is -0.130. The van der Waals surface area contributed by atoms with E-state index in [1.54, 1.807) is 25.4 Å². The smallest absolute Gasteiger partial charge is 0.341 e. The zero-order chi connectivity index (χ0) is 13.0. The molecule has 0 aliphatic rings. The van der Waals surface area contributed by atoms with Crippen LogP contribution < -0.4 is 14.0 Å². The number of halogens is 1. The van der Waals surface area contributed by atoms with E-state index in [0.717, 1.165) is 11.3 Å². The van der Waals surface area contributed by atoms with Crippen LogP contribution in [-0.4, -0.2) is 18.2 Å². The molecule has 1 aromatic heterocycles. The normalized spacial score (nSPS) is 9.53. The first-order valence-electron chi connectivity index (χ1n) is 5.55. The second-order valence-electron chi connectivity index (χ2n) is 3.88. The largest absolute Gasteiger partial charge is 1.00 e. The van der Waals surface area contributed by atoms with Gasteiger partial charge in [0.2, 0.25) is 0 Å². The van der Waals surface area contributed by atoms with Crippen LogP contribution in [0.25, 0.3) is 0 Å². The molecule has 4 nitrogen and oxygen atoms in total. The van der Waals surface area contributed by atoms with Crippen molar-refractivity contribution in [2.75, 3.05) is 7.11 Å². The predicted octanol–water partition coefficient (Wildman–Crippen LogP) is -1.27. The summed E-state index contributed by atoms with van der Waals surface area (Å²) in [5.41, 5.74) is 1.28. The maximum atomic E-state index is 10.9. The van der Waals surface area contributed by atoms with Crippen molar-refractivity contribution in [3.05, 3.63) is 59.9 Å². The number of carboxylic acids is 1. The van der Waals surface area contributed by atoms with Crippen molar-refractivity contribution < 1.29 is 23.9 Å². The standard InChI is InChI=1S/C14H13NO3.FH/c1-18-13-7-3-2-5-11(13)9-15-8-4-6-12(10-15)14(16)17;/h2-8,10H,9H2,1H3;1H. The van der Waals surface area contributed by atoms with Crippen LogP contribution in [0.5, 0.6) is 5.75 Å². The first-order chi connectivity index (χ1) is 8.70. The third-order valence-electron chi connectivity index (χ3n) is 2.65. The molecule has 0 fully saturated rings. The number of ether oxygens (including phenoxy) is 1. The minimum Gasteiger partial charge on any atom is -1.00 e. The van der Waals surface area contributed by atoms with Gasteiger partial charge < -0.3 is 14.5 Å². The van der Waals surface area contributed by atoms with Crippen molar-refractivity contribution in [2.24, 2.45) is 0 Å². The summed E-state index contributed by atoms with van der Waals surface area (Å²) in [4.78, 5) is 10.9. The van der Waals surface area contributed by atoms with Crippen LogP contribution in [0, 0.1) is 0 Å². The third kappa shape index (κ3) is 3.51. The number of methoxy groups -OCH3 is 1. The molecule has 19 heavy (non-hydrogen) atoms. The molecule has 0 radical (unpaired) electrons. The summed E-state index contributed by atoms with van der Waals surface area (Å²) in [5, 5.41) is 8.94. The van der Waals surface area contributed by atoms with Crippen LogP contribution in [0.1, 0.15) is 15.9 Å². The minimum absolute atomic E-state index is 0. The van der Waals surface area contributed by atoms with Gasteiger partial charge in [0.25, 0.3) is 0 Å². The molecule has 100 valence electrons. The van der Waals surface area contributed by atoms with E-state index >= 15 is 0 Å². The van der Waals surface area contributed by atoms with Gasteiger partial charge in [-0.2, -0.15) is 4.57 Å². The molecule has 0 atom stereocenters. The lowest BCUT2D eigenvalue weighted by Gasteiger charge is -2.05. The Morgan fingerprint density at radius 3 is 2.68 bits per heavy atom. The van der Waals surface area contributed by atoms with E-state index in [4.69, 9.17) is 9.84 Å². The van der Waals surface area contributed by atoms with E-state index in [0.29, 0.717) is 6.54 Å². The number of hydrogen-bond donors (Lipinski definition) is 1. The fraction of sp³-hybridized carbons (Fsp3) is 0.143. The van der Waals surface area contributed by atoms with Crippen molar-refractivity contribution in [2.45, 2.75) is 6.54 Å². The highest BCUT2D eigenvalue weighted by molar-refractivity contribution is 5.86. The lowest BCUT2D eigenvalue weighted by atomic mass is 10.2. The molecule has 0 saturated heterocycles. The zero-order valence-electron chi connectivity index (χ0n) is 10.4. The summed E-state index contributed by atoms with van der Waals surface area (Å²) in [7, 11) is 1.62. The molecule has 2 aromatic rings. The molecule has 0 saturated carbocycles. The Morgan fingerprint density at radius 1 is 1.26 bits per heavy atom. The highest BCUT2D eigenvalue weighted by Gasteiger charge is 2.11.